The maximum absolute atomic E-state index is 12.7. The number of carbonyl (C=O) groups is 1. The summed E-state index contributed by atoms with van der Waals surface area (Å²) in [6.45, 7) is 3.81. The molecule has 1 aliphatic rings. The third-order valence-electron chi connectivity index (χ3n) is 3.19. The average Bonchev–Trinajstić information content (AvgIpc) is 2.38. The lowest BCUT2D eigenvalue weighted by atomic mass is 10.0. The lowest BCUT2D eigenvalue weighted by molar-refractivity contribution is -0.135. The molecule has 0 N–H and O–H groups in total. The van der Waals surface area contributed by atoms with Crippen LogP contribution in [0, 0.1) is 11.7 Å². The zero-order chi connectivity index (χ0) is 13.0. The van der Waals surface area contributed by atoms with Crippen LogP contribution in [0.4, 0.5) is 4.39 Å². The van der Waals surface area contributed by atoms with Gasteiger partial charge in [-0.3, -0.25) is 4.79 Å². The lowest BCUT2D eigenvalue weighted by Gasteiger charge is -2.30. The summed E-state index contributed by atoms with van der Waals surface area (Å²) in [5.74, 6) is 0.785. The fourth-order valence-electron chi connectivity index (χ4n) is 2.18. The van der Waals surface area contributed by atoms with Gasteiger partial charge in [0.25, 0.3) is 5.91 Å². The highest BCUT2D eigenvalue weighted by Gasteiger charge is 2.20. The predicted molar refractivity (Wildman–Crippen MR) is 66.9 cm³/mol. The second-order valence-electron chi connectivity index (χ2n) is 4.83. The molecule has 0 spiro atoms. The van der Waals surface area contributed by atoms with E-state index in [1.165, 1.54) is 30.7 Å². The number of piperidine rings is 1. The van der Waals surface area contributed by atoms with E-state index < -0.39 is 0 Å². The van der Waals surface area contributed by atoms with Gasteiger partial charge in [0.1, 0.15) is 11.6 Å². The van der Waals surface area contributed by atoms with Gasteiger partial charge in [0.15, 0.2) is 6.61 Å². The van der Waals surface area contributed by atoms with Crippen LogP contribution in [0.1, 0.15) is 19.8 Å². The minimum absolute atomic E-state index is 0.00544. The summed E-state index contributed by atoms with van der Waals surface area (Å²) in [5.41, 5.74) is 0. The Morgan fingerprint density at radius 1 is 1.44 bits per heavy atom. The van der Waals surface area contributed by atoms with Crippen molar-refractivity contribution in [3.63, 3.8) is 0 Å². The van der Waals surface area contributed by atoms with E-state index in [1.54, 1.807) is 0 Å². The first-order chi connectivity index (χ1) is 8.65. The van der Waals surface area contributed by atoms with Crippen molar-refractivity contribution < 1.29 is 13.9 Å². The van der Waals surface area contributed by atoms with E-state index in [2.05, 4.69) is 6.92 Å². The molecule has 0 aliphatic carbocycles. The van der Waals surface area contributed by atoms with Gasteiger partial charge in [-0.15, -0.1) is 0 Å². The molecule has 98 valence electrons. The molecule has 1 saturated heterocycles. The summed E-state index contributed by atoms with van der Waals surface area (Å²) >= 11 is 0. The number of rotatable bonds is 3. The molecule has 0 aromatic heterocycles. The molecule has 0 bridgehead atoms. The number of ether oxygens (including phenoxy) is 1. The highest BCUT2D eigenvalue weighted by Crippen LogP contribution is 2.16. The largest absolute Gasteiger partial charge is 0.484 e. The second-order valence-corrected chi connectivity index (χ2v) is 4.83. The van der Waals surface area contributed by atoms with Crippen LogP contribution in [0.5, 0.6) is 5.75 Å². The third-order valence-corrected chi connectivity index (χ3v) is 3.19. The zero-order valence-corrected chi connectivity index (χ0v) is 10.6. The first-order valence-corrected chi connectivity index (χ1v) is 6.31. The fourth-order valence-corrected chi connectivity index (χ4v) is 2.18. The van der Waals surface area contributed by atoms with Crippen LogP contribution in [-0.2, 0) is 4.79 Å². The van der Waals surface area contributed by atoms with Crippen LogP contribution in [0.3, 0.4) is 0 Å². The van der Waals surface area contributed by atoms with Gasteiger partial charge in [-0.25, -0.2) is 4.39 Å². The van der Waals surface area contributed by atoms with Crippen LogP contribution < -0.4 is 4.74 Å². The second kappa shape index (κ2) is 5.85. The smallest absolute Gasteiger partial charge is 0.260 e. The van der Waals surface area contributed by atoms with Gasteiger partial charge in [-0.05, 0) is 43.0 Å². The summed E-state index contributed by atoms with van der Waals surface area (Å²) < 4.78 is 18.0. The number of carbonyl (C=O) groups excluding carboxylic acids is 1. The van der Waals surface area contributed by atoms with E-state index in [1.807, 2.05) is 4.90 Å². The molecule has 2 rings (SSSR count). The first kappa shape index (κ1) is 12.9. The van der Waals surface area contributed by atoms with E-state index in [0.29, 0.717) is 11.7 Å². The van der Waals surface area contributed by atoms with Crippen molar-refractivity contribution in [3.05, 3.63) is 30.1 Å². The normalized spacial score (nSPS) is 19.7. The van der Waals surface area contributed by atoms with Crippen LogP contribution in [0.15, 0.2) is 24.3 Å². The molecule has 18 heavy (non-hydrogen) atoms. The molecular weight excluding hydrogens is 233 g/mol. The topological polar surface area (TPSA) is 29.5 Å². The Kier molecular flexibility index (Phi) is 4.18. The molecule has 0 unspecified atom stereocenters. The summed E-state index contributed by atoms with van der Waals surface area (Å²) in [6, 6.07) is 5.70. The molecular formula is C14H18FNO2. The van der Waals surface area contributed by atoms with Crippen molar-refractivity contribution in [2.24, 2.45) is 5.92 Å². The van der Waals surface area contributed by atoms with Crippen molar-refractivity contribution in [2.45, 2.75) is 19.8 Å². The molecule has 1 amide bonds. The summed E-state index contributed by atoms with van der Waals surface area (Å²) in [4.78, 5) is 13.8. The molecule has 1 fully saturated rings. The quantitative estimate of drug-likeness (QED) is 0.826. The number of hydrogen-bond acceptors (Lipinski definition) is 2. The lowest BCUT2D eigenvalue weighted by Crippen LogP contribution is -2.41. The number of benzene rings is 1. The number of amides is 1. The van der Waals surface area contributed by atoms with Gasteiger partial charge in [0, 0.05) is 13.1 Å². The Morgan fingerprint density at radius 2 is 2.17 bits per heavy atom. The average molecular weight is 251 g/mol. The molecule has 1 aromatic carbocycles. The predicted octanol–water partition coefficient (Wildman–Crippen LogP) is 2.46. The van der Waals surface area contributed by atoms with Crippen LogP contribution >= 0.6 is 0 Å². The number of likely N-dealkylation sites (tertiary alicyclic amines) is 1. The maximum Gasteiger partial charge on any atom is 0.260 e. The maximum atomic E-state index is 12.7. The highest BCUT2D eigenvalue weighted by molar-refractivity contribution is 5.77. The number of nitrogens with zero attached hydrogens (tertiary/aromatic N) is 1. The van der Waals surface area contributed by atoms with E-state index in [4.69, 9.17) is 4.74 Å². The Morgan fingerprint density at radius 3 is 2.83 bits per heavy atom. The van der Waals surface area contributed by atoms with Crippen LogP contribution in [0.25, 0.3) is 0 Å². The summed E-state index contributed by atoms with van der Waals surface area (Å²) in [7, 11) is 0. The molecule has 1 atom stereocenters. The zero-order valence-electron chi connectivity index (χ0n) is 10.6. The van der Waals surface area contributed by atoms with Crippen LogP contribution in [0.2, 0.25) is 0 Å². The Labute approximate surface area is 107 Å². The van der Waals surface area contributed by atoms with Crippen molar-refractivity contribution in [2.75, 3.05) is 19.7 Å². The van der Waals surface area contributed by atoms with E-state index in [0.717, 1.165) is 19.5 Å². The monoisotopic (exact) mass is 251 g/mol. The molecule has 1 aromatic rings. The van der Waals surface area contributed by atoms with E-state index in [-0.39, 0.29) is 18.3 Å². The van der Waals surface area contributed by atoms with Gasteiger partial charge >= 0.3 is 0 Å². The van der Waals surface area contributed by atoms with E-state index in [9.17, 15) is 9.18 Å². The number of halogens is 1. The van der Waals surface area contributed by atoms with Gasteiger partial charge in [-0.1, -0.05) is 6.92 Å². The Hall–Kier alpha value is -1.58. The molecule has 1 aliphatic heterocycles. The summed E-state index contributed by atoms with van der Waals surface area (Å²) in [5, 5.41) is 0. The minimum atomic E-state index is -0.307. The van der Waals surface area contributed by atoms with Crippen LogP contribution in [-0.4, -0.2) is 30.5 Å². The van der Waals surface area contributed by atoms with Gasteiger partial charge < -0.3 is 9.64 Å². The minimum Gasteiger partial charge on any atom is -0.484 e. The van der Waals surface area contributed by atoms with Crippen molar-refractivity contribution in [1.29, 1.82) is 0 Å². The molecule has 0 radical (unpaired) electrons. The Balaban J connectivity index is 1.82. The third kappa shape index (κ3) is 3.45. The van der Waals surface area contributed by atoms with Gasteiger partial charge in [0.05, 0.1) is 0 Å². The molecule has 1 heterocycles. The van der Waals surface area contributed by atoms with Crippen molar-refractivity contribution in [1.82, 2.24) is 4.90 Å². The van der Waals surface area contributed by atoms with Gasteiger partial charge in [0.2, 0.25) is 0 Å². The van der Waals surface area contributed by atoms with E-state index >= 15 is 0 Å². The standard InChI is InChI=1S/C14H18FNO2/c1-11-3-2-8-16(9-11)14(17)10-18-13-6-4-12(15)5-7-13/h4-7,11H,2-3,8-10H2,1H3/t11-/m0/s1. The molecule has 0 saturated carbocycles. The van der Waals surface area contributed by atoms with Crippen molar-refractivity contribution >= 4 is 5.91 Å². The molecule has 3 nitrogen and oxygen atoms in total. The van der Waals surface area contributed by atoms with Crippen molar-refractivity contribution in [3.8, 4) is 5.75 Å². The number of hydrogen-bond donors (Lipinski definition) is 0. The Bertz CT molecular complexity index is 405. The molecule has 4 heteroatoms. The highest BCUT2D eigenvalue weighted by atomic mass is 19.1. The SMILES string of the molecule is C[C@H]1CCCN(C(=O)COc2ccc(F)cc2)C1. The fraction of sp³-hybridized carbons (Fsp3) is 0.500. The summed E-state index contributed by atoms with van der Waals surface area (Å²) in [6.07, 6.45) is 2.24. The van der Waals surface area contributed by atoms with Gasteiger partial charge in [-0.2, -0.15) is 0 Å². The first-order valence-electron chi connectivity index (χ1n) is 6.31.